The van der Waals surface area contributed by atoms with Gasteiger partial charge in [0.2, 0.25) is 0 Å². The fourth-order valence-electron chi connectivity index (χ4n) is 1.30. The highest BCUT2D eigenvalue weighted by Crippen LogP contribution is 2.15. The van der Waals surface area contributed by atoms with Gasteiger partial charge in [-0.2, -0.15) is 0 Å². The van der Waals surface area contributed by atoms with Gasteiger partial charge in [-0.3, -0.25) is 4.79 Å². The Balaban J connectivity index is 2.49. The van der Waals surface area contributed by atoms with Crippen LogP contribution in [0.2, 0.25) is 0 Å². The van der Waals surface area contributed by atoms with E-state index in [1.54, 1.807) is 24.3 Å². The van der Waals surface area contributed by atoms with Crippen molar-refractivity contribution in [2.75, 3.05) is 0 Å². The number of ether oxygens (including phenoxy) is 1. The molecule has 1 rings (SSSR count). The molecule has 0 spiro atoms. The number of aliphatic hydroxyl groups excluding tert-OH is 1. The highest BCUT2D eigenvalue weighted by Gasteiger charge is 2.06. The summed E-state index contributed by atoms with van der Waals surface area (Å²) in [4.78, 5) is 11.4. The highest BCUT2D eigenvalue weighted by molar-refractivity contribution is 5.72. The van der Waals surface area contributed by atoms with E-state index in [1.807, 2.05) is 0 Å². The molecule has 0 atom stereocenters. The first-order chi connectivity index (χ1) is 7.61. The van der Waals surface area contributed by atoms with Crippen molar-refractivity contribution in [1.29, 1.82) is 0 Å². The van der Waals surface area contributed by atoms with E-state index in [1.165, 1.54) is 0 Å². The first-order valence-corrected chi connectivity index (χ1v) is 5.52. The summed E-state index contributed by atoms with van der Waals surface area (Å²) in [7, 11) is 0. The number of carbonyl (C=O) groups is 1. The van der Waals surface area contributed by atoms with Crippen molar-refractivity contribution in [3.05, 3.63) is 29.8 Å². The lowest BCUT2D eigenvalue weighted by Crippen LogP contribution is -2.09. The van der Waals surface area contributed by atoms with Crippen LogP contribution < -0.4 is 4.74 Å². The van der Waals surface area contributed by atoms with E-state index in [4.69, 9.17) is 9.84 Å². The normalized spacial score (nSPS) is 10.5. The van der Waals surface area contributed by atoms with Gasteiger partial charge >= 0.3 is 5.97 Å². The minimum atomic E-state index is -0.219. The average molecular weight is 222 g/mol. The van der Waals surface area contributed by atoms with E-state index in [-0.39, 0.29) is 12.6 Å². The second-order valence-electron chi connectivity index (χ2n) is 4.21. The Kier molecular flexibility index (Phi) is 4.99. The molecule has 0 fully saturated rings. The van der Waals surface area contributed by atoms with E-state index in [0.717, 1.165) is 12.0 Å². The number of benzene rings is 1. The standard InChI is InChI=1S/C13H18O3/c1-10(2)6-7-13(15)16-12-5-3-4-11(8-12)9-14/h3-5,8,10,14H,6-7,9H2,1-2H3. The Labute approximate surface area is 96.1 Å². The van der Waals surface area contributed by atoms with Gasteiger partial charge in [-0.15, -0.1) is 0 Å². The number of carbonyl (C=O) groups excluding carboxylic acids is 1. The van der Waals surface area contributed by atoms with Crippen LogP contribution in [0.4, 0.5) is 0 Å². The zero-order valence-corrected chi connectivity index (χ0v) is 9.77. The average Bonchev–Trinajstić information content (AvgIpc) is 2.26. The van der Waals surface area contributed by atoms with E-state index in [0.29, 0.717) is 18.1 Å². The van der Waals surface area contributed by atoms with Crippen LogP contribution in [-0.2, 0) is 11.4 Å². The third-order valence-corrected chi connectivity index (χ3v) is 2.24. The minimum Gasteiger partial charge on any atom is -0.427 e. The lowest BCUT2D eigenvalue weighted by atomic mass is 10.1. The van der Waals surface area contributed by atoms with E-state index in [2.05, 4.69) is 13.8 Å². The number of hydrogen-bond acceptors (Lipinski definition) is 3. The largest absolute Gasteiger partial charge is 0.427 e. The zero-order chi connectivity index (χ0) is 12.0. The molecule has 0 aliphatic rings. The predicted molar refractivity (Wildman–Crippen MR) is 62.1 cm³/mol. The van der Waals surface area contributed by atoms with Crippen molar-refractivity contribution in [2.45, 2.75) is 33.3 Å². The van der Waals surface area contributed by atoms with Crippen LogP contribution in [0.1, 0.15) is 32.3 Å². The molecule has 16 heavy (non-hydrogen) atoms. The molecule has 0 saturated carbocycles. The van der Waals surface area contributed by atoms with Crippen LogP contribution in [0.25, 0.3) is 0 Å². The van der Waals surface area contributed by atoms with Crippen molar-refractivity contribution in [2.24, 2.45) is 5.92 Å². The van der Waals surface area contributed by atoms with Gasteiger partial charge < -0.3 is 9.84 Å². The Hall–Kier alpha value is -1.35. The van der Waals surface area contributed by atoms with Crippen LogP contribution in [0.5, 0.6) is 5.75 Å². The molecule has 0 aliphatic carbocycles. The Morgan fingerprint density at radius 3 is 2.81 bits per heavy atom. The van der Waals surface area contributed by atoms with Gasteiger partial charge in [0.25, 0.3) is 0 Å². The molecule has 0 bridgehead atoms. The molecule has 0 amide bonds. The molecule has 3 heteroatoms. The summed E-state index contributed by atoms with van der Waals surface area (Å²) in [6.45, 7) is 4.09. The van der Waals surface area contributed by atoms with Gasteiger partial charge in [-0.25, -0.2) is 0 Å². The van der Waals surface area contributed by atoms with E-state index >= 15 is 0 Å². The summed E-state index contributed by atoms with van der Waals surface area (Å²) in [5.74, 6) is 0.778. The number of rotatable bonds is 5. The maximum Gasteiger partial charge on any atom is 0.311 e. The molecule has 0 saturated heterocycles. The molecule has 0 heterocycles. The number of hydrogen-bond donors (Lipinski definition) is 1. The van der Waals surface area contributed by atoms with Gasteiger partial charge in [-0.05, 0) is 30.0 Å². The molecule has 0 unspecified atom stereocenters. The summed E-state index contributed by atoms with van der Waals surface area (Å²) in [5, 5.41) is 8.93. The van der Waals surface area contributed by atoms with E-state index in [9.17, 15) is 4.79 Å². The first kappa shape index (κ1) is 12.7. The molecule has 0 aromatic heterocycles. The molecule has 1 aromatic carbocycles. The van der Waals surface area contributed by atoms with Gasteiger partial charge in [-0.1, -0.05) is 26.0 Å². The van der Waals surface area contributed by atoms with Gasteiger partial charge in [0.15, 0.2) is 0 Å². The SMILES string of the molecule is CC(C)CCC(=O)Oc1cccc(CO)c1. The highest BCUT2D eigenvalue weighted by atomic mass is 16.5. The molecule has 88 valence electrons. The predicted octanol–water partition coefficient (Wildman–Crippen LogP) is 2.52. The maximum absolute atomic E-state index is 11.4. The lowest BCUT2D eigenvalue weighted by molar-refractivity contribution is -0.134. The smallest absolute Gasteiger partial charge is 0.311 e. The monoisotopic (exact) mass is 222 g/mol. The number of esters is 1. The molecule has 0 aliphatic heterocycles. The van der Waals surface area contributed by atoms with Crippen molar-refractivity contribution < 1.29 is 14.6 Å². The first-order valence-electron chi connectivity index (χ1n) is 5.52. The number of aliphatic hydroxyl groups is 1. The van der Waals surface area contributed by atoms with E-state index < -0.39 is 0 Å². The van der Waals surface area contributed by atoms with Crippen LogP contribution in [0.15, 0.2) is 24.3 Å². The van der Waals surface area contributed by atoms with Gasteiger partial charge in [0, 0.05) is 6.42 Å². The summed E-state index contributed by atoms with van der Waals surface area (Å²) >= 11 is 0. The topological polar surface area (TPSA) is 46.5 Å². The second kappa shape index (κ2) is 6.28. The Morgan fingerprint density at radius 1 is 1.44 bits per heavy atom. The van der Waals surface area contributed by atoms with Crippen LogP contribution in [0, 0.1) is 5.92 Å². The molecule has 3 nitrogen and oxygen atoms in total. The molecule has 0 radical (unpaired) electrons. The third-order valence-electron chi connectivity index (χ3n) is 2.24. The minimum absolute atomic E-state index is 0.0443. The maximum atomic E-state index is 11.4. The van der Waals surface area contributed by atoms with Crippen LogP contribution >= 0.6 is 0 Å². The summed E-state index contributed by atoms with van der Waals surface area (Å²) in [6, 6.07) is 6.93. The summed E-state index contributed by atoms with van der Waals surface area (Å²) in [6.07, 6.45) is 1.26. The van der Waals surface area contributed by atoms with Crippen molar-refractivity contribution in [1.82, 2.24) is 0 Å². The lowest BCUT2D eigenvalue weighted by Gasteiger charge is -2.06. The van der Waals surface area contributed by atoms with Crippen molar-refractivity contribution >= 4 is 5.97 Å². The Morgan fingerprint density at radius 2 is 2.19 bits per heavy atom. The Bertz CT molecular complexity index is 345. The van der Waals surface area contributed by atoms with Crippen molar-refractivity contribution in [3.63, 3.8) is 0 Å². The fourth-order valence-corrected chi connectivity index (χ4v) is 1.30. The summed E-state index contributed by atoms with van der Waals surface area (Å²) < 4.78 is 5.16. The fraction of sp³-hybridized carbons (Fsp3) is 0.462. The summed E-state index contributed by atoms with van der Waals surface area (Å²) in [5.41, 5.74) is 0.745. The molecular weight excluding hydrogens is 204 g/mol. The van der Waals surface area contributed by atoms with Gasteiger partial charge in [0.1, 0.15) is 5.75 Å². The molecule has 1 N–H and O–H groups in total. The second-order valence-corrected chi connectivity index (χ2v) is 4.21. The van der Waals surface area contributed by atoms with Crippen molar-refractivity contribution in [3.8, 4) is 5.75 Å². The van der Waals surface area contributed by atoms with Gasteiger partial charge in [0.05, 0.1) is 6.61 Å². The molecule has 1 aromatic rings. The quantitative estimate of drug-likeness (QED) is 0.615. The zero-order valence-electron chi connectivity index (χ0n) is 9.77. The van der Waals surface area contributed by atoms with Crippen LogP contribution in [-0.4, -0.2) is 11.1 Å². The van der Waals surface area contributed by atoms with Crippen LogP contribution in [0.3, 0.4) is 0 Å². The molecular formula is C13H18O3. The third kappa shape index (κ3) is 4.45.